The number of thiazole rings is 1. The number of aromatic amines is 1. The average Bonchev–Trinajstić information content (AvgIpc) is 3.47. The van der Waals surface area contributed by atoms with Crippen LogP contribution in [0.4, 0.5) is 0 Å². The molecule has 1 aliphatic heterocycles. The first kappa shape index (κ1) is 19.4. The molecule has 2 aromatic heterocycles. The van der Waals surface area contributed by atoms with E-state index in [-0.39, 0.29) is 5.91 Å². The first-order valence-corrected chi connectivity index (χ1v) is 12.2. The van der Waals surface area contributed by atoms with Crippen molar-refractivity contribution < 1.29 is 4.79 Å². The molecular weight excluding hydrogens is 410 g/mol. The summed E-state index contributed by atoms with van der Waals surface area (Å²) >= 11 is 3.29. The molecule has 4 nitrogen and oxygen atoms in total. The first-order chi connectivity index (χ1) is 14.8. The zero-order chi connectivity index (χ0) is 20.3. The van der Waals surface area contributed by atoms with Crippen molar-refractivity contribution in [1.29, 1.82) is 0 Å². The van der Waals surface area contributed by atoms with E-state index in [4.69, 9.17) is 0 Å². The van der Waals surface area contributed by atoms with Crippen LogP contribution in [0, 0.1) is 0 Å². The summed E-state index contributed by atoms with van der Waals surface area (Å²) in [4.78, 5) is 24.2. The molecule has 0 radical (unpaired) electrons. The summed E-state index contributed by atoms with van der Waals surface area (Å²) in [6.45, 7) is 1.59. The van der Waals surface area contributed by atoms with Crippen LogP contribution in [0.25, 0.3) is 10.9 Å². The van der Waals surface area contributed by atoms with Gasteiger partial charge in [-0.15, -0.1) is 23.1 Å². The van der Waals surface area contributed by atoms with E-state index < -0.39 is 0 Å². The third-order valence-corrected chi connectivity index (χ3v) is 7.49. The summed E-state index contributed by atoms with van der Waals surface area (Å²) in [6.07, 6.45) is 1.99. The number of rotatable bonds is 5. The summed E-state index contributed by atoms with van der Waals surface area (Å²) in [7, 11) is 0. The van der Waals surface area contributed by atoms with Gasteiger partial charge in [0.2, 0.25) is 0 Å². The van der Waals surface area contributed by atoms with Crippen molar-refractivity contribution in [2.45, 2.75) is 29.4 Å². The number of thioether (sulfide) groups is 1. The minimum Gasteiger partial charge on any atom is -0.358 e. The van der Waals surface area contributed by atoms with Gasteiger partial charge in [-0.2, -0.15) is 0 Å². The molecule has 4 aromatic rings. The quantitative estimate of drug-likeness (QED) is 0.397. The van der Waals surface area contributed by atoms with Crippen LogP contribution in [0.5, 0.6) is 0 Å². The fraction of sp³-hybridized carbons (Fsp3) is 0.250. The number of benzene rings is 2. The van der Waals surface area contributed by atoms with Crippen LogP contribution in [0.15, 0.2) is 70.4 Å². The fourth-order valence-electron chi connectivity index (χ4n) is 4.11. The lowest BCUT2D eigenvalue weighted by atomic mass is 9.93. The predicted molar refractivity (Wildman–Crippen MR) is 124 cm³/mol. The lowest BCUT2D eigenvalue weighted by Crippen LogP contribution is -2.38. The van der Waals surface area contributed by atoms with Crippen molar-refractivity contribution >= 4 is 39.9 Å². The normalized spacial score (nSPS) is 15.0. The Morgan fingerprint density at radius 2 is 1.93 bits per heavy atom. The number of para-hydroxylation sites is 1. The number of nitrogens with zero attached hydrogens (tertiary/aromatic N) is 2. The van der Waals surface area contributed by atoms with E-state index in [2.05, 4.69) is 45.7 Å². The Morgan fingerprint density at radius 1 is 1.13 bits per heavy atom. The van der Waals surface area contributed by atoms with Gasteiger partial charge in [0.1, 0.15) is 0 Å². The average molecular weight is 434 g/mol. The van der Waals surface area contributed by atoms with Crippen molar-refractivity contribution in [2.75, 3.05) is 13.1 Å². The molecule has 1 aliphatic rings. The van der Waals surface area contributed by atoms with E-state index >= 15 is 0 Å². The molecule has 3 heterocycles. The minimum atomic E-state index is 0.145. The van der Waals surface area contributed by atoms with Gasteiger partial charge in [-0.1, -0.05) is 30.3 Å². The molecule has 1 amide bonds. The molecule has 0 spiro atoms. The highest BCUT2D eigenvalue weighted by molar-refractivity contribution is 7.98. The molecule has 6 heteroatoms. The molecule has 2 aromatic carbocycles. The number of carbonyl (C=O) groups excluding carboxylic acids is 1. The van der Waals surface area contributed by atoms with Gasteiger partial charge in [-0.3, -0.25) is 4.79 Å². The molecule has 0 saturated carbocycles. The van der Waals surface area contributed by atoms with E-state index in [1.807, 2.05) is 34.7 Å². The third kappa shape index (κ3) is 4.02. The number of fused-ring (bicyclic) bond motifs is 1. The first-order valence-electron chi connectivity index (χ1n) is 10.2. The van der Waals surface area contributed by atoms with Gasteiger partial charge in [0.15, 0.2) is 0 Å². The molecule has 152 valence electrons. The van der Waals surface area contributed by atoms with E-state index in [9.17, 15) is 4.79 Å². The second-order valence-corrected chi connectivity index (χ2v) is 9.38. The topological polar surface area (TPSA) is 49.0 Å². The van der Waals surface area contributed by atoms with Gasteiger partial charge in [0, 0.05) is 46.2 Å². The number of aromatic nitrogens is 2. The molecule has 0 aliphatic carbocycles. The van der Waals surface area contributed by atoms with Gasteiger partial charge in [0.05, 0.1) is 16.8 Å². The highest BCUT2D eigenvalue weighted by Crippen LogP contribution is 2.32. The van der Waals surface area contributed by atoms with Crippen LogP contribution in [-0.2, 0) is 5.75 Å². The zero-order valence-electron chi connectivity index (χ0n) is 16.6. The summed E-state index contributed by atoms with van der Waals surface area (Å²) in [5.74, 6) is 1.41. The minimum absolute atomic E-state index is 0.145. The summed E-state index contributed by atoms with van der Waals surface area (Å²) in [5, 5.41) is 3.32. The maximum Gasteiger partial charge on any atom is 0.254 e. The highest BCUT2D eigenvalue weighted by Gasteiger charge is 2.26. The Bertz CT molecular complexity index is 1110. The Labute approximate surface area is 184 Å². The van der Waals surface area contributed by atoms with Gasteiger partial charge in [-0.25, -0.2) is 4.98 Å². The Hall–Kier alpha value is -2.57. The number of piperidine rings is 1. The van der Waals surface area contributed by atoms with Crippen LogP contribution >= 0.6 is 23.1 Å². The molecule has 1 N–H and O–H groups in total. The van der Waals surface area contributed by atoms with Crippen LogP contribution in [-0.4, -0.2) is 33.9 Å². The smallest absolute Gasteiger partial charge is 0.254 e. The summed E-state index contributed by atoms with van der Waals surface area (Å²) in [5.41, 5.74) is 6.21. The van der Waals surface area contributed by atoms with E-state index in [1.54, 1.807) is 23.1 Å². The molecule has 1 saturated heterocycles. The van der Waals surface area contributed by atoms with Crippen LogP contribution in [0.2, 0.25) is 0 Å². The lowest BCUT2D eigenvalue weighted by molar-refractivity contribution is 0.0708. The molecule has 30 heavy (non-hydrogen) atoms. The van der Waals surface area contributed by atoms with Crippen LogP contribution in [0.3, 0.4) is 0 Å². The second-order valence-electron chi connectivity index (χ2n) is 7.64. The monoisotopic (exact) mass is 433 g/mol. The van der Waals surface area contributed by atoms with Crippen molar-refractivity contribution in [3.8, 4) is 0 Å². The second kappa shape index (κ2) is 8.66. The zero-order valence-corrected chi connectivity index (χ0v) is 18.2. The number of H-pyrrole nitrogens is 1. The fourth-order valence-corrected chi connectivity index (χ4v) is 5.72. The maximum absolute atomic E-state index is 13.3. The standard InChI is InChI=1S/C24H23N3OS2/c28-24(20-6-2-4-8-23(20)30-15-19-14-29-16-25-19)27-11-9-17(10-12-27)22-13-18-5-1-3-7-21(18)26-22/h1-8,13-14,16-17,26H,9-12,15H2. The van der Waals surface area contributed by atoms with E-state index in [0.717, 1.165) is 47.8 Å². The van der Waals surface area contributed by atoms with Crippen molar-refractivity contribution in [1.82, 2.24) is 14.9 Å². The molecule has 0 bridgehead atoms. The third-order valence-electron chi connectivity index (χ3n) is 5.75. The van der Waals surface area contributed by atoms with Crippen molar-refractivity contribution in [2.24, 2.45) is 0 Å². The number of carbonyl (C=O) groups is 1. The Morgan fingerprint density at radius 3 is 2.73 bits per heavy atom. The Balaban J connectivity index is 1.25. The van der Waals surface area contributed by atoms with E-state index in [0.29, 0.717) is 5.92 Å². The molecular formula is C24H23N3OS2. The van der Waals surface area contributed by atoms with Gasteiger partial charge >= 0.3 is 0 Å². The van der Waals surface area contributed by atoms with Crippen LogP contribution < -0.4 is 0 Å². The number of hydrogen-bond donors (Lipinski definition) is 1. The number of likely N-dealkylation sites (tertiary alicyclic amines) is 1. The largest absolute Gasteiger partial charge is 0.358 e. The SMILES string of the molecule is O=C(c1ccccc1SCc1cscn1)N1CCC(c2cc3ccccc3[nH]2)CC1. The van der Waals surface area contributed by atoms with Gasteiger partial charge < -0.3 is 9.88 Å². The molecule has 1 fully saturated rings. The summed E-state index contributed by atoms with van der Waals surface area (Å²) < 4.78 is 0. The number of nitrogens with one attached hydrogen (secondary N) is 1. The lowest BCUT2D eigenvalue weighted by Gasteiger charge is -2.32. The number of amides is 1. The summed E-state index contributed by atoms with van der Waals surface area (Å²) in [6, 6.07) is 18.6. The maximum atomic E-state index is 13.3. The predicted octanol–water partition coefficient (Wildman–Crippen LogP) is 5.94. The Kier molecular flexibility index (Phi) is 5.60. The molecule has 0 atom stereocenters. The van der Waals surface area contributed by atoms with Crippen molar-refractivity contribution in [3.63, 3.8) is 0 Å². The van der Waals surface area contributed by atoms with Crippen molar-refractivity contribution in [3.05, 3.63) is 82.4 Å². The van der Waals surface area contributed by atoms with Gasteiger partial charge in [0.25, 0.3) is 5.91 Å². The highest BCUT2D eigenvalue weighted by atomic mass is 32.2. The van der Waals surface area contributed by atoms with Gasteiger partial charge in [-0.05, 0) is 42.5 Å². The number of hydrogen-bond acceptors (Lipinski definition) is 4. The van der Waals surface area contributed by atoms with Crippen LogP contribution in [0.1, 0.15) is 40.5 Å². The molecule has 5 rings (SSSR count). The van der Waals surface area contributed by atoms with E-state index in [1.165, 1.54) is 16.6 Å². The molecule has 0 unspecified atom stereocenters.